The van der Waals surface area contributed by atoms with Crippen LogP contribution in [0.3, 0.4) is 0 Å². The molecule has 0 aliphatic carbocycles. The van der Waals surface area contributed by atoms with Crippen LogP contribution >= 0.6 is 34.5 Å². The zero-order valence-corrected chi connectivity index (χ0v) is 12.6. The minimum atomic E-state index is 0.585. The SMILES string of the molecule is Clc1ccc(Cl)c(N/N=C/c2csc3ccccc23)c1. The van der Waals surface area contributed by atoms with Crippen LogP contribution in [0.15, 0.2) is 52.9 Å². The predicted molar refractivity (Wildman–Crippen MR) is 89.5 cm³/mol. The van der Waals surface area contributed by atoms with E-state index in [0.717, 1.165) is 5.56 Å². The first-order valence-electron chi connectivity index (χ1n) is 5.94. The average molecular weight is 321 g/mol. The van der Waals surface area contributed by atoms with Crippen molar-refractivity contribution in [3.05, 3.63) is 63.5 Å². The first-order chi connectivity index (χ1) is 9.74. The lowest BCUT2D eigenvalue weighted by molar-refractivity contribution is 1.35. The Balaban J connectivity index is 1.82. The second kappa shape index (κ2) is 5.83. The molecular formula is C15H10Cl2N2S. The second-order valence-electron chi connectivity index (χ2n) is 4.18. The molecular weight excluding hydrogens is 311 g/mol. The Kier molecular flexibility index (Phi) is 3.92. The number of hydrogen-bond acceptors (Lipinski definition) is 3. The fraction of sp³-hybridized carbons (Fsp3) is 0. The molecule has 1 N–H and O–H groups in total. The van der Waals surface area contributed by atoms with Gasteiger partial charge in [0.1, 0.15) is 0 Å². The summed E-state index contributed by atoms with van der Waals surface area (Å²) in [7, 11) is 0. The molecule has 0 aliphatic rings. The summed E-state index contributed by atoms with van der Waals surface area (Å²) in [5, 5.41) is 8.70. The zero-order valence-electron chi connectivity index (χ0n) is 10.3. The van der Waals surface area contributed by atoms with Crippen LogP contribution in [0, 0.1) is 0 Å². The summed E-state index contributed by atoms with van der Waals surface area (Å²) in [5.74, 6) is 0. The Bertz CT molecular complexity index is 780. The van der Waals surface area contributed by atoms with Crippen LogP contribution in [-0.2, 0) is 0 Å². The maximum Gasteiger partial charge on any atom is 0.0762 e. The molecule has 2 aromatic carbocycles. The van der Waals surface area contributed by atoms with E-state index in [1.165, 1.54) is 10.1 Å². The molecule has 1 heterocycles. The van der Waals surface area contributed by atoms with Crippen molar-refractivity contribution in [3.8, 4) is 0 Å². The number of hydrogen-bond donors (Lipinski definition) is 1. The zero-order chi connectivity index (χ0) is 13.9. The Morgan fingerprint density at radius 3 is 2.85 bits per heavy atom. The standard InChI is InChI=1S/C15H10Cl2N2S/c16-11-5-6-13(17)14(7-11)19-18-8-10-9-20-15-4-2-1-3-12(10)15/h1-9,19H/b18-8+. The largest absolute Gasteiger partial charge is 0.277 e. The summed E-state index contributed by atoms with van der Waals surface area (Å²) in [6.07, 6.45) is 1.79. The minimum absolute atomic E-state index is 0.585. The number of nitrogens with zero attached hydrogens (tertiary/aromatic N) is 1. The van der Waals surface area contributed by atoms with Crippen molar-refractivity contribution < 1.29 is 0 Å². The van der Waals surface area contributed by atoms with E-state index >= 15 is 0 Å². The van der Waals surface area contributed by atoms with Crippen LogP contribution in [0.1, 0.15) is 5.56 Å². The first kappa shape index (κ1) is 13.4. The van der Waals surface area contributed by atoms with Crippen molar-refractivity contribution in [3.63, 3.8) is 0 Å². The van der Waals surface area contributed by atoms with Gasteiger partial charge in [0.15, 0.2) is 0 Å². The molecule has 100 valence electrons. The van der Waals surface area contributed by atoms with Gasteiger partial charge in [0.2, 0.25) is 0 Å². The second-order valence-corrected chi connectivity index (χ2v) is 5.94. The summed E-state index contributed by atoms with van der Waals surface area (Å²) < 4.78 is 1.25. The molecule has 0 atom stereocenters. The average Bonchev–Trinajstić information content (AvgIpc) is 2.86. The van der Waals surface area contributed by atoms with Crippen molar-refractivity contribution in [1.29, 1.82) is 0 Å². The first-order valence-corrected chi connectivity index (χ1v) is 7.58. The van der Waals surface area contributed by atoms with Gasteiger partial charge in [0.05, 0.1) is 16.9 Å². The highest BCUT2D eigenvalue weighted by Crippen LogP contribution is 2.26. The van der Waals surface area contributed by atoms with E-state index in [2.05, 4.69) is 28.0 Å². The van der Waals surface area contributed by atoms with Gasteiger partial charge in [-0.1, -0.05) is 41.4 Å². The van der Waals surface area contributed by atoms with E-state index in [4.69, 9.17) is 23.2 Å². The topological polar surface area (TPSA) is 24.4 Å². The van der Waals surface area contributed by atoms with Gasteiger partial charge in [0, 0.05) is 26.1 Å². The quantitative estimate of drug-likeness (QED) is 0.489. The summed E-state index contributed by atoms with van der Waals surface area (Å²) in [6, 6.07) is 13.5. The molecule has 0 fully saturated rings. The molecule has 5 heteroatoms. The number of anilines is 1. The Hall–Kier alpha value is -1.55. The predicted octanol–water partition coefficient (Wildman–Crippen LogP) is 5.65. The number of fused-ring (bicyclic) bond motifs is 1. The van der Waals surface area contributed by atoms with Gasteiger partial charge in [-0.3, -0.25) is 5.43 Å². The third-order valence-corrected chi connectivity index (χ3v) is 4.37. The highest BCUT2D eigenvalue weighted by Gasteiger charge is 2.01. The molecule has 0 unspecified atom stereocenters. The number of hydrazone groups is 1. The van der Waals surface area contributed by atoms with Crippen molar-refractivity contribution >= 4 is 56.5 Å². The fourth-order valence-electron chi connectivity index (χ4n) is 1.85. The number of nitrogens with one attached hydrogen (secondary N) is 1. The van der Waals surface area contributed by atoms with E-state index < -0.39 is 0 Å². The van der Waals surface area contributed by atoms with Crippen molar-refractivity contribution in [2.24, 2.45) is 5.10 Å². The van der Waals surface area contributed by atoms with Crippen LogP contribution in [0.5, 0.6) is 0 Å². The highest BCUT2D eigenvalue weighted by atomic mass is 35.5. The van der Waals surface area contributed by atoms with Gasteiger partial charge in [-0.05, 0) is 24.3 Å². The molecule has 0 saturated carbocycles. The third kappa shape index (κ3) is 2.80. The van der Waals surface area contributed by atoms with E-state index in [9.17, 15) is 0 Å². The van der Waals surface area contributed by atoms with Crippen LogP contribution in [0.2, 0.25) is 10.0 Å². The van der Waals surface area contributed by atoms with E-state index in [1.807, 2.05) is 12.1 Å². The Morgan fingerprint density at radius 2 is 1.95 bits per heavy atom. The molecule has 1 aromatic heterocycles. The van der Waals surface area contributed by atoms with Crippen LogP contribution in [-0.4, -0.2) is 6.21 Å². The van der Waals surface area contributed by atoms with Gasteiger partial charge in [-0.15, -0.1) is 11.3 Å². The van der Waals surface area contributed by atoms with Crippen molar-refractivity contribution in [2.75, 3.05) is 5.43 Å². The lowest BCUT2D eigenvalue weighted by Gasteiger charge is -2.03. The molecule has 2 nitrogen and oxygen atoms in total. The molecule has 0 bridgehead atoms. The van der Waals surface area contributed by atoms with Gasteiger partial charge >= 0.3 is 0 Å². The molecule has 3 aromatic rings. The molecule has 0 amide bonds. The van der Waals surface area contributed by atoms with Gasteiger partial charge in [-0.2, -0.15) is 5.10 Å². The lowest BCUT2D eigenvalue weighted by atomic mass is 10.2. The molecule has 0 radical (unpaired) electrons. The molecule has 0 spiro atoms. The van der Waals surface area contributed by atoms with E-state index in [-0.39, 0.29) is 0 Å². The monoisotopic (exact) mass is 320 g/mol. The summed E-state index contributed by atoms with van der Waals surface area (Å²) in [4.78, 5) is 0. The van der Waals surface area contributed by atoms with E-state index in [1.54, 1.807) is 35.8 Å². The smallest absolute Gasteiger partial charge is 0.0762 e. The Morgan fingerprint density at radius 1 is 1.10 bits per heavy atom. The molecule has 0 aliphatic heterocycles. The number of rotatable bonds is 3. The minimum Gasteiger partial charge on any atom is -0.277 e. The van der Waals surface area contributed by atoms with Crippen molar-refractivity contribution in [2.45, 2.75) is 0 Å². The number of halogens is 2. The maximum atomic E-state index is 6.06. The maximum absolute atomic E-state index is 6.06. The van der Waals surface area contributed by atoms with E-state index in [0.29, 0.717) is 15.7 Å². The Labute approximate surface area is 130 Å². The molecule has 20 heavy (non-hydrogen) atoms. The normalized spacial score (nSPS) is 11.3. The summed E-state index contributed by atoms with van der Waals surface area (Å²) in [6.45, 7) is 0. The summed E-state index contributed by atoms with van der Waals surface area (Å²) >= 11 is 13.7. The van der Waals surface area contributed by atoms with Gasteiger partial charge in [0.25, 0.3) is 0 Å². The van der Waals surface area contributed by atoms with Gasteiger partial charge in [-0.25, -0.2) is 0 Å². The lowest BCUT2D eigenvalue weighted by Crippen LogP contribution is -1.91. The van der Waals surface area contributed by atoms with Crippen LogP contribution in [0.25, 0.3) is 10.1 Å². The number of thiophene rings is 1. The highest BCUT2D eigenvalue weighted by molar-refractivity contribution is 7.17. The van der Waals surface area contributed by atoms with Crippen LogP contribution < -0.4 is 5.43 Å². The number of benzene rings is 2. The summed E-state index contributed by atoms with van der Waals surface area (Å²) in [5.41, 5.74) is 4.68. The molecule has 3 rings (SSSR count). The van der Waals surface area contributed by atoms with Crippen LogP contribution in [0.4, 0.5) is 5.69 Å². The third-order valence-electron chi connectivity index (χ3n) is 2.83. The van der Waals surface area contributed by atoms with Crippen molar-refractivity contribution in [1.82, 2.24) is 0 Å². The van der Waals surface area contributed by atoms with Gasteiger partial charge < -0.3 is 0 Å². The fourth-order valence-corrected chi connectivity index (χ4v) is 3.10. The molecule has 0 saturated heterocycles.